The zero-order valence-corrected chi connectivity index (χ0v) is 8.43. The van der Waals surface area contributed by atoms with E-state index in [1.165, 1.54) is 12.8 Å². The molecule has 0 aromatic carbocycles. The lowest BCUT2D eigenvalue weighted by molar-refractivity contribution is 0.000366. The third-order valence-corrected chi connectivity index (χ3v) is 2.02. The van der Waals surface area contributed by atoms with Gasteiger partial charge in [-0.25, -0.2) is 5.48 Å². The fourth-order valence-corrected chi connectivity index (χ4v) is 0.951. The molecule has 0 heterocycles. The molecule has 3 heteroatoms. The fourth-order valence-electron chi connectivity index (χ4n) is 0.951. The Hall–Kier alpha value is -0.120. The minimum atomic E-state index is 0.622. The van der Waals surface area contributed by atoms with Crippen molar-refractivity contribution < 1.29 is 9.57 Å². The normalized spacial score (nSPS) is 11.0. The summed E-state index contributed by atoms with van der Waals surface area (Å²) < 4.78 is 4.84. The van der Waals surface area contributed by atoms with Crippen LogP contribution in [0.4, 0.5) is 0 Å². The van der Waals surface area contributed by atoms with Gasteiger partial charge >= 0.3 is 0 Å². The lowest BCUT2D eigenvalue weighted by Crippen LogP contribution is -2.24. The van der Waals surface area contributed by atoms with Crippen LogP contribution in [0, 0.1) is 5.92 Å². The first kappa shape index (κ1) is 11.9. The summed E-state index contributed by atoms with van der Waals surface area (Å²) in [6, 6.07) is 0. The molecule has 0 aromatic rings. The highest BCUT2D eigenvalue weighted by Gasteiger charge is 2.01. The summed E-state index contributed by atoms with van der Waals surface area (Å²) in [6.07, 6.45) is 2.41. The fraction of sp³-hybridized carbons (Fsp3) is 1.00. The summed E-state index contributed by atoms with van der Waals surface area (Å²) in [7, 11) is 1.67. The molecule has 0 aliphatic carbocycles. The smallest absolute Gasteiger partial charge is 0.0915 e. The highest BCUT2D eigenvalue weighted by atomic mass is 16.7. The molecule has 0 amide bonds. The SMILES string of the molecule is CCC(CC)CNOCCOC. The van der Waals surface area contributed by atoms with Gasteiger partial charge in [-0.1, -0.05) is 26.7 Å². The molecule has 12 heavy (non-hydrogen) atoms. The third-order valence-electron chi connectivity index (χ3n) is 2.02. The molecule has 0 spiro atoms. The molecular formula is C9H21NO2. The number of hydrogen-bond acceptors (Lipinski definition) is 3. The topological polar surface area (TPSA) is 30.5 Å². The molecule has 0 atom stereocenters. The number of rotatable bonds is 8. The third kappa shape index (κ3) is 6.58. The zero-order chi connectivity index (χ0) is 9.23. The van der Waals surface area contributed by atoms with Crippen molar-refractivity contribution in [1.29, 1.82) is 0 Å². The first-order valence-corrected chi connectivity index (χ1v) is 4.68. The molecule has 1 N–H and O–H groups in total. The van der Waals surface area contributed by atoms with E-state index in [0.29, 0.717) is 13.2 Å². The second-order valence-corrected chi connectivity index (χ2v) is 2.87. The number of nitrogens with one attached hydrogen (secondary N) is 1. The van der Waals surface area contributed by atoms with Gasteiger partial charge < -0.3 is 4.74 Å². The molecule has 0 aliphatic rings. The largest absolute Gasteiger partial charge is 0.382 e. The van der Waals surface area contributed by atoms with E-state index in [0.717, 1.165) is 12.5 Å². The summed E-state index contributed by atoms with van der Waals surface area (Å²) in [5.74, 6) is 0.729. The van der Waals surface area contributed by atoms with E-state index in [-0.39, 0.29) is 0 Å². The Balaban J connectivity index is 3.06. The Kier molecular flexibility index (Phi) is 8.88. The van der Waals surface area contributed by atoms with Crippen LogP contribution in [0.1, 0.15) is 26.7 Å². The van der Waals surface area contributed by atoms with Gasteiger partial charge in [-0.3, -0.25) is 4.84 Å². The molecule has 0 unspecified atom stereocenters. The lowest BCUT2D eigenvalue weighted by Gasteiger charge is -2.12. The average molecular weight is 175 g/mol. The van der Waals surface area contributed by atoms with Crippen molar-refractivity contribution in [1.82, 2.24) is 5.48 Å². The van der Waals surface area contributed by atoms with Crippen LogP contribution in [-0.2, 0) is 9.57 Å². The Morgan fingerprint density at radius 1 is 1.17 bits per heavy atom. The summed E-state index contributed by atoms with van der Waals surface area (Å²) in [6.45, 7) is 6.61. The van der Waals surface area contributed by atoms with Gasteiger partial charge in [0.15, 0.2) is 0 Å². The maximum absolute atomic E-state index is 5.13. The van der Waals surface area contributed by atoms with E-state index >= 15 is 0 Å². The van der Waals surface area contributed by atoms with Crippen LogP contribution < -0.4 is 5.48 Å². The Labute approximate surface area is 75.4 Å². The van der Waals surface area contributed by atoms with E-state index in [2.05, 4.69) is 19.3 Å². The van der Waals surface area contributed by atoms with Crippen LogP contribution in [0.5, 0.6) is 0 Å². The van der Waals surface area contributed by atoms with E-state index in [1.807, 2.05) is 0 Å². The van der Waals surface area contributed by atoms with E-state index in [4.69, 9.17) is 9.57 Å². The summed E-state index contributed by atoms with van der Waals surface area (Å²) in [5, 5.41) is 0. The van der Waals surface area contributed by atoms with Gasteiger partial charge in [0, 0.05) is 13.7 Å². The molecule has 0 rings (SSSR count). The zero-order valence-electron chi connectivity index (χ0n) is 8.43. The molecule has 0 bridgehead atoms. The van der Waals surface area contributed by atoms with E-state index < -0.39 is 0 Å². The first-order chi connectivity index (χ1) is 5.85. The van der Waals surface area contributed by atoms with Crippen molar-refractivity contribution in [2.24, 2.45) is 5.92 Å². The highest BCUT2D eigenvalue weighted by Crippen LogP contribution is 2.04. The van der Waals surface area contributed by atoms with Crippen molar-refractivity contribution in [3.05, 3.63) is 0 Å². The molecule has 0 aromatic heterocycles. The first-order valence-electron chi connectivity index (χ1n) is 4.68. The van der Waals surface area contributed by atoms with Gasteiger partial charge in [-0.15, -0.1) is 0 Å². The van der Waals surface area contributed by atoms with Crippen molar-refractivity contribution in [3.8, 4) is 0 Å². The Morgan fingerprint density at radius 3 is 2.33 bits per heavy atom. The molecule has 0 saturated carbocycles. The van der Waals surface area contributed by atoms with E-state index in [1.54, 1.807) is 7.11 Å². The monoisotopic (exact) mass is 175 g/mol. The van der Waals surface area contributed by atoms with Crippen LogP contribution in [0.3, 0.4) is 0 Å². The second kappa shape index (κ2) is 8.97. The molecular weight excluding hydrogens is 154 g/mol. The van der Waals surface area contributed by atoms with Crippen molar-refractivity contribution in [2.75, 3.05) is 26.9 Å². The minimum Gasteiger partial charge on any atom is -0.382 e. The number of methoxy groups -OCH3 is 1. The van der Waals surface area contributed by atoms with Gasteiger partial charge in [-0.2, -0.15) is 0 Å². The van der Waals surface area contributed by atoms with Gasteiger partial charge in [0.2, 0.25) is 0 Å². The van der Waals surface area contributed by atoms with Gasteiger partial charge in [0.25, 0.3) is 0 Å². The van der Waals surface area contributed by atoms with Crippen LogP contribution >= 0.6 is 0 Å². The summed E-state index contributed by atoms with van der Waals surface area (Å²) in [4.78, 5) is 5.13. The molecule has 0 saturated heterocycles. The van der Waals surface area contributed by atoms with Gasteiger partial charge in [-0.05, 0) is 5.92 Å². The predicted molar refractivity (Wildman–Crippen MR) is 49.9 cm³/mol. The molecule has 0 radical (unpaired) electrons. The van der Waals surface area contributed by atoms with Crippen molar-refractivity contribution in [2.45, 2.75) is 26.7 Å². The van der Waals surface area contributed by atoms with Crippen LogP contribution in [-0.4, -0.2) is 26.9 Å². The van der Waals surface area contributed by atoms with E-state index in [9.17, 15) is 0 Å². The number of ether oxygens (including phenoxy) is 1. The Morgan fingerprint density at radius 2 is 1.83 bits per heavy atom. The van der Waals surface area contributed by atoms with Crippen molar-refractivity contribution >= 4 is 0 Å². The molecule has 74 valence electrons. The average Bonchev–Trinajstić information content (AvgIpc) is 2.11. The van der Waals surface area contributed by atoms with Crippen LogP contribution in [0.15, 0.2) is 0 Å². The van der Waals surface area contributed by atoms with Crippen LogP contribution in [0.2, 0.25) is 0 Å². The highest BCUT2D eigenvalue weighted by molar-refractivity contribution is 4.53. The summed E-state index contributed by atoms with van der Waals surface area (Å²) >= 11 is 0. The maximum atomic E-state index is 5.13. The molecule has 3 nitrogen and oxygen atoms in total. The van der Waals surface area contributed by atoms with Gasteiger partial charge in [0.1, 0.15) is 0 Å². The minimum absolute atomic E-state index is 0.622. The Bertz CT molecular complexity index is 84.6. The van der Waals surface area contributed by atoms with Crippen molar-refractivity contribution in [3.63, 3.8) is 0 Å². The number of hydroxylamine groups is 1. The standard InChI is InChI=1S/C9H21NO2/c1-4-9(5-2)8-10-12-7-6-11-3/h9-10H,4-8H2,1-3H3. The molecule has 0 fully saturated rings. The van der Waals surface area contributed by atoms with Gasteiger partial charge in [0.05, 0.1) is 13.2 Å². The summed E-state index contributed by atoms with van der Waals surface area (Å²) in [5.41, 5.74) is 2.94. The molecule has 0 aliphatic heterocycles. The maximum Gasteiger partial charge on any atom is 0.0915 e. The number of hydrogen-bond donors (Lipinski definition) is 1. The van der Waals surface area contributed by atoms with Crippen LogP contribution in [0.25, 0.3) is 0 Å². The lowest BCUT2D eigenvalue weighted by atomic mass is 10.0. The second-order valence-electron chi connectivity index (χ2n) is 2.87. The quantitative estimate of drug-likeness (QED) is 0.449. The predicted octanol–water partition coefficient (Wildman–Crippen LogP) is 1.59.